The Kier molecular flexibility index (Phi) is 7.85. The summed E-state index contributed by atoms with van der Waals surface area (Å²) in [6.45, 7) is 0.651. The molecule has 0 fully saturated rings. The van der Waals surface area contributed by atoms with E-state index >= 15 is 0 Å². The van der Waals surface area contributed by atoms with Gasteiger partial charge in [-0.3, -0.25) is 0 Å². The molecule has 1 aromatic carbocycles. The third kappa shape index (κ3) is 5.21. The first kappa shape index (κ1) is 15.8. The average Bonchev–Trinajstić information content (AvgIpc) is 2.17. The SMILES string of the molecule is CN(CCCC(=O)[O-])c1ccccc1Cl.[Na+]. The molecular formula is C11H13ClNNaO2. The summed E-state index contributed by atoms with van der Waals surface area (Å²) in [5, 5.41) is 10.9. The fourth-order valence-corrected chi connectivity index (χ4v) is 1.62. The molecule has 0 unspecified atom stereocenters. The second-order valence-corrected chi connectivity index (χ2v) is 3.76. The van der Waals surface area contributed by atoms with Crippen LogP contribution in [0, 0.1) is 0 Å². The number of carboxylic acid groups (broad SMARTS) is 1. The number of hydrogen-bond donors (Lipinski definition) is 0. The second kappa shape index (κ2) is 7.96. The molecule has 16 heavy (non-hydrogen) atoms. The van der Waals surface area contributed by atoms with Gasteiger partial charge in [0.15, 0.2) is 0 Å². The van der Waals surface area contributed by atoms with E-state index in [2.05, 4.69) is 0 Å². The first-order valence-corrected chi connectivity index (χ1v) is 5.14. The fourth-order valence-electron chi connectivity index (χ4n) is 1.34. The van der Waals surface area contributed by atoms with Gasteiger partial charge in [-0.05, 0) is 25.0 Å². The number of hydrogen-bond acceptors (Lipinski definition) is 3. The van der Waals surface area contributed by atoms with Crippen molar-refractivity contribution in [1.82, 2.24) is 0 Å². The molecule has 5 heteroatoms. The van der Waals surface area contributed by atoms with Crippen molar-refractivity contribution in [2.45, 2.75) is 12.8 Å². The largest absolute Gasteiger partial charge is 1.00 e. The van der Waals surface area contributed by atoms with Gasteiger partial charge in [0.2, 0.25) is 0 Å². The summed E-state index contributed by atoms with van der Waals surface area (Å²) >= 11 is 5.99. The Hall–Kier alpha value is -0.220. The van der Waals surface area contributed by atoms with Crippen LogP contribution in [0.2, 0.25) is 5.02 Å². The van der Waals surface area contributed by atoms with Crippen molar-refractivity contribution in [3.63, 3.8) is 0 Å². The molecule has 0 aromatic heterocycles. The van der Waals surface area contributed by atoms with Crippen LogP contribution in [0.3, 0.4) is 0 Å². The molecule has 0 aliphatic rings. The number of aliphatic carboxylic acids is 1. The van der Waals surface area contributed by atoms with E-state index in [-0.39, 0.29) is 36.0 Å². The van der Waals surface area contributed by atoms with Gasteiger partial charge in [-0.25, -0.2) is 0 Å². The Labute approximate surface area is 123 Å². The van der Waals surface area contributed by atoms with Crippen molar-refractivity contribution in [2.75, 3.05) is 18.5 Å². The zero-order valence-electron chi connectivity index (χ0n) is 9.57. The van der Waals surface area contributed by atoms with Crippen LogP contribution in [-0.4, -0.2) is 19.6 Å². The minimum absolute atomic E-state index is 0. The van der Waals surface area contributed by atoms with Gasteiger partial charge in [0.1, 0.15) is 0 Å². The molecule has 0 aliphatic heterocycles. The van der Waals surface area contributed by atoms with Gasteiger partial charge in [0, 0.05) is 19.6 Å². The zero-order valence-corrected chi connectivity index (χ0v) is 12.3. The molecule has 1 rings (SSSR count). The first-order valence-electron chi connectivity index (χ1n) is 4.77. The summed E-state index contributed by atoms with van der Waals surface area (Å²) in [5.41, 5.74) is 0.914. The number of rotatable bonds is 5. The van der Waals surface area contributed by atoms with Crippen LogP contribution in [0.15, 0.2) is 24.3 Å². The van der Waals surface area contributed by atoms with Crippen LogP contribution in [0.5, 0.6) is 0 Å². The molecule has 0 amide bonds. The number of carbonyl (C=O) groups excluding carboxylic acids is 1. The maximum atomic E-state index is 10.2. The smallest absolute Gasteiger partial charge is 0.550 e. The van der Waals surface area contributed by atoms with Crippen LogP contribution < -0.4 is 39.6 Å². The number of carboxylic acids is 1. The molecule has 0 aliphatic carbocycles. The Morgan fingerprint density at radius 2 is 2.06 bits per heavy atom. The van der Waals surface area contributed by atoms with E-state index in [9.17, 15) is 9.90 Å². The van der Waals surface area contributed by atoms with Crippen LogP contribution in [-0.2, 0) is 4.79 Å². The molecular weight excluding hydrogens is 237 g/mol. The van der Waals surface area contributed by atoms with Gasteiger partial charge in [-0.15, -0.1) is 0 Å². The topological polar surface area (TPSA) is 43.4 Å². The van der Waals surface area contributed by atoms with Crippen molar-refractivity contribution in [3.8, 4) is 0 Å². The van der Waals surface area contributed by atoms with Gasteiger partial charge in [-0.2, -0.15) is 0 Å². The van der Waals surface area contributed by atoms with Crippen molar-refractivity contribution in [3.05, 3.63) is 29.3 Å². The van der Waals surface area contributed by atoms with Gasteiger partial charge in [0.05, 0.1) is 10.7 Å². The standard InChI is InChI=1S/C11H14ClNO2.Na/c1-13(8-4-7-11(14)15)10-6-3-2-5-9(10)12;/h2-3,5-6H,4,7-8H2,1H3,(H,14,15);/q;+1/p-1. The molecule has 0 spiro atoms. The van der Waals surface area contributed by atoms with Crippen LogP contribution >= 0.6 is 11.6 Å². The third-order valence-corrected chi connectivity index (χ3v) is 2.46. The minimum Gasteiger partial charge on any atom is -0.550 e. The van der Waals surface area contributed by atoms with Crippen molar-refractivity contribution < 1.29 is 39.5 Å². The third-order valence-electron chi connectivity index (χ3n) is 2.14. The molecule has 0 saturated heterocycles. The molecule has 0 N–H and O–H groups in total. The van der Waals surface area contributed by atoms with Crippen molar-refractivity contribution in [2.24, 2.45) is 0 Å². The minimum atomic E-state index is -1.01. The average molecular weight is 250 g/mol. The summed E-state index contributed by atoms with van der Waals surface area (Å²) in [5.74, 6) is -1.01. The Morgan fingerprint density at radius 1 is 1.44 bits per heavy atom. The van der Waals surface area contributed by atoms with Crippen LogP contribution in [0.4, 0.5) is 5.69 Å². The predicted octanol–water partition coefficient (Wildman–Crippen LogP) is -1.69. The Morgan fingerprint density at radius 3 is 2.62 bits per heavy atom. The second-order valence-electron chi connectivity index (χ2n) is 3.35. The normalized spacial score (nSPS) is 9.38. The predicted molar refractivity (Wildman–Crippen MR) is 59.0 cm³/mol. The molecule has 0 radical (unpaired) electrons. The van der Waals surface area contributed by atoms with E-state index in [4.69, 9.17) is 11.6 Å². The van der Waals surface area contributed by atoms with Crippen molar-refractivity contribution in [1.29, 1.82) is 0 Å². The molecule has 0 heterocycles. The monoisotopic (exact) mass is 249 g/mol. The van der Waals surface area contributed by atoms with Gasteiger partial charge in [0.25, 0.3) is 0 Å². The fraction of sp³-hybridized carbons (Fsp3) is 0.364. The zero-order chi connectivity index (χ0) is 11.3. The maximum Gasteiger partial charge on any atom is 1.00 e. The van der Waals surface area contributed by atoms with Crippen LogP contribution in [0.1, 0.15) is 12.8 Å². The molecule has 0 saturated carbocycles. The van der Waals surface area contributed by atoms with Gasteiger partial charge < -0.3 is 14.8 Å². The summed E-state index contributed by atoms with van der Waals surface area (Å²) < 4.78 is 0. The number of nitrogens with zero attached hydrogens (tertiary/aromatic N) is 1. The van der Waals surface area contributed by atoms with Gasteiger partial charge >= 0.3 is 29.6 Å². The van der Waals surface area contributed by atoms with Gasteiger partial charge in [-0.1, -0.05) is 23.7 Å². The Bertz CT molecular complexity index is 347. The summed E-state index contributed by atoms with van der Waals surface area (Å²) in [6.07, 6.45) is 0.638. The number of halogens is 1. The number of carbonyl (C=O) groups is 1. The van der Waals surface area contributed by atoms with E-state index in [0.717, 1.165) is 5.69 Å². The molecule has 3 nitrogen and oxygen atoms in total. The molecule has 1 aromatic rings. The quantitative estimate of drug-likeness (QED) is 0.585. The first-order chi connectivity index (χ1) is 7.11. The van der Waals surface area contributed by atoms with Crippen LogP contribution in [0.25, 0.3) is 0 Å². The van der Waals surface area contributed by atoms with E-state index in [0.29, 0.717) is 18.0 Å². The Balaban J connectivity index is 0.00000225. The van der Waals surface area contributed by atoms with E-state index in [1.807, 2.05) is 36.2 Å². The van der Waals surface area contributed by atoms with Crippen molar-refractivity contribution >= 4 is 23.3 Å². The van der Waals surface area contributed by atoms with E-state index < -0.39 is 5.97 Å². The summed E-state index contributed by atoms with van der Waals surface area (Å²) in [7, 11) is 1.89. The molecule has 82 valence electrons. The maximum absolute atomic E-state index is 10.2. The number of benzene rings is 1. The molecule has 0 bridgehead atoms. The molecule has 0 atom stereocenters. The number of para-hydroxylation sites is 1. The number of anilines is 1. The van der Waals surface area contributed by atoms with E-state index in [1.165, 1.54) is 0 Å². The summed E-state index contributed by atoms with van der Waals surface area (Å²) in [4.78, 5) is 12.2. The summed E-state index contributed by atoms with van der Waals surface area (Å²) in [6, 6.07) is 7.48. The van der Waals surface area contributed by atoms with E-state index in [1.54, 1.807) is 0 Å².